The molecule has 0 radical (unpaired) electrons. The third-order valence-electron chi connectivity index (χ3n) is 7.81. The van der Waals surface area contributed by atoms with E-state index < -0.39 is 17.5 Å². The van der Waals surface area contributed by atoms with E-state index in [2.05, 4.69) is 27.1 Å². The van der Waals surface area contributed by atoms with Crippen molar-refractivity contribution >= 4 is 27.5 Å². The molecule has 1 aromatic heterocycles. The Bertz CT molecular complexity index is 1510. The molecule has 38 heavy (non-hydrogen) atoms. The largest absolute Gasteiger partial charge is 0.463 e. The van der Waals surface area contributed by atoms with Crippen LogP contribution in [0.3, 0.4) is 0 Å². The highest BCUT2D eigenvalue weighted by atomic mass is 19.1. The zero-order valence-electron chi connectivity index (χ0n) is 21.7. The maximum absolute atomic E-state index is 16.5. The molecule has 1 N–H and O–H groups in total. The number of benzene rings is 3. The number of nitrogens with zero attached hydrogens (tertiary/aromatic N) is 3. The lowest BCUT2D eigenvalue weighted by atomic mass is 9.92. The summed E-state index contributed by atoms with van der Waals surface area (Å²) in [4.78, 5) is 11.2. The minimum absolute atomic E-state index is 0.00947. The highest BCUT2D eigenvalue weighted by Crippen LogP contribution is 2.40. The van der Waals surface area contributed by atoms with Gasteiger partial charge in [-0.2, -0.15) is 9.97 Å². The summed E-state index contributed by atoms with van der Waals surface area (Å²) < 4.78 is 53.0. The summed E-state index contributed by atoms with van der Waals surface area (Å²) in [6, 6.07) is 10.3. The first-order chi connectivity index (χ1) is 18.5. The molecule has 2 aliphatic heterocycles. The molecule has 6 rings (SSSR count). The van der Waals surface area contributed by atoms with Gasteiger partial charge >= 0.3 is 6.01 Å². The van der Waals surface area contributed by atoms with Gasteiger partial charge in [0.25, 0.3) is 0 Å². The Balaban J connectivity index is 1.57. The van der Waals surface area contributed by atoms with Crippen LogP contribution in [0.25, 0.3) is 32.8 Å². The number of piperazine rings is 1. The SMILES string of the molecule is CCCCOc1nc(N2CC3CCC(C2)N3)c2cc(F)c(-c3cccc4ccc(F)c(CC)c34)c(F)c2n1. The van der Waals surface area contributed by atoms with Crippen LogP contribution in [-0.4, -0.2) is 41.7 Å². The first-order valence-electron chi connectivity index (χ1n) is 13.5. The van der Waals surface area contributed by atoms with Gasteiger partial charge in [-0.25, -0.2) is 13.2 Å². The van der Waals surface area contributed by atoms with E-state index in [9.17, 15) is 4.39 Å². The van der Waals surface area contributed by atoms with Crippen molar-refractivity contribution in [2.45, 2.75) is 58.0 Å². The maximum Gasteiger partial charge on any atom is 0.319 e. The van der Waals surface area contributed by atoms with Crippen LogP contribution in [0.2, 0.25) is 0 Å². The summed E-state index contributed by atoms with van der Waals surface area (Å²) in [6.45, 7) is 5.70. The Kier molecular flexibility index (Phi) is 6.60. The Morgan fingerprint density at radius 3 is 2.53 bits per heavy atom. The van der Waals surface area contributed by atoms with Gasteiger partial charge in [-0.1, -0.05) is 44.5 Å². The normalized spacial score (nSPS) is 19.0. The smallest absolute Gasteiger partial charge is 0.319 e. The van der Waals surface area contributed by atoms with Gasteiger partial charge in [0.2, 0.25) is 0 Å². The monoisotopic (exact) mass is 520 g/mol. The van der Waals surface area contributed by atoms with Gasteiger partial charge in [0.1, 0.15) is 23.0 Å². The molecule has 2 aliphatic rings. The van der Waals surface area contributed by atoms with Gasteiger partial charge in [-0.3, -0.25) is 0 Å². The van der Waals surface area contributed by atoms with E-state index in [0.29, 0.717) is 65.9 Å². The molecular formula is C30H31F3N4O. The van der Waals surface area contributed by atoms with Crippen LogP contribution in [0, 0.1) is 17.5 Å². The molecule has 2 unspecified atom stereocenters. The van der Waals surface area contributed by atoms with E-state index in [1.807, 2.05) is 13.0 Å². The summed E-state index contributed by atoms with van der Waals surface area (Å²) >= 11 is 0. The topological polar surface area (TPSA) is 50.3 Å². The number of aryl methyl sites for hydroxylation is 1. The van der Waals surface area contributed by atoms with E-state index >= 15 is 8.78 Å². The molecule has 8 heteroatoms. The van der Waals surface area contributed by atoms with Gasteiger partial charge in [-0.05, 0) is 59.7 Å². The van der Waals surface area contributed by atoms with Crippen molar-refractivity contribution < 1.29 is 17.9 Å². The fraction of sp³-hybridized carbons (Fsp3) is 0.400. The standard InChI is InChI=1S/C30H31F3N4O/c1-3-5-13-38-30-35-28-22(29(36-30)37-15-18-10-11-19(16-37)34-18)14-24(32)26(27(28)33)21-8-6-7-17-9-12-23(31)20(4-2)25(17)21/h6-9,12,14,18-19,34H,3-5,10-11,13,15-16H2,1-2H3. The zero-order chi connectivity index (χ0) is 26.4. The quantitative estimate of drug-likeness (QED) is 0.280. The molecule has 3 aromatic carbocycles. The van der Waals surface area contributed by atoms with Crippen LogP contribution < -0.4 is 15.0 Å². The summed E-state index contributed by atoms with van der Waals surface area (Å²) in [5.74, 6) is -1.42. The minimum atomic E-state index is -0.791. The number of nitrogens with one attached hydrogen (secondary N) is 1. The number of aromatic nitrogens is 2. The molecule has 2 fully saturated rings. The predicted molar refractivity (Wildman–Crippen MR) is 144 cm³/mol. The first-order valence-corrected chi connectivity index (χ1v) is 13.5. The summed E-state index contributed by atoms with van der Waals surface area (Å²) in [7, 11) is 0. The van der Waals surface area contributed by atoms with Gasteiger partial charge in [0.15, 0.2) is 5.82 Å². The highest BCUT2D eigenvalue weighted by Gasteiger charge is 2.34. The first kappa shape index (κ1) is 24.9. The van der Waals surface area contributed by atoms with E-state index in [4.69, 9.17) is 4.74 Å². The molecular weight excluding hydrogens is 489 g/mol. The Morgan fingerprint density at radius 2 is 1.79 bits per heavy atom. The molecule has 3 heterocycles. The summed E-state index contributed by atoms with van der Waals surface area (Å²) in [6.07, 6.45) is 4.27. The van der Waals surface area contributed by atoms with Crippen LogP contribution in [0.5, 0.6) is 6.01 Å². The van der Waals surface area contributed by atoms with Crippen molar-refractivity contribution in [3.05, 3.63) is 59.4 Å². The van der Waals surface area contributed by atoms with E-state index in [-0.39, 0.29) is 17.1 Å². The van der Waals surface area contributed by atoms with Crippen molar-refractivity contribution in [2.75, 3.05) is 24.6 Å². The van der Waals surface area contributed by atoms with Crippen molar-refractivity contribution in [1.82, 2.24) is 15.3 Å². The number of hydrogen-bond acceptors (Lipinski definition) is 5. The lowest BCUT2D eigenvalue weighted by molar-refractivity contribution is 0.286. The molecule has 0 amide bonds. The Hall–Kier alpha value is -3.39. The van der Waals surface area contributed by atoms with E-state index in [1.54, 1.807) is 18.2 Å². The van der Waals surface area contributed by atoms with Gasteiger partial charge in [0.05, 0.1) is 12.2 Å². The van der Waals surface area contributed by atoms with Crippen LogP contribution in [0.4, 0.5) is 19.0 Å². The van der Waals surface area contributed by atoms with Gasteiger partial charge in [-0.15, -0.1) is 0 Å². The van der Waals surface area contributed by atoms with Crippen molar-refractivity contribution in [3.63, 3.8) is 0 Å². The number of fused-ring (bicyclic) bond motifs is 4. The lowest BCUT2D eigenvalue weighted by Gasteiger charge is -2.34. The van der Waals surface area contributed by atoms with Crippen molar-refractivity contribution in [1.29, 1.82) is 0 Å². The second-order valence-electron chi connectivity index (χ2n) is 10.3. The van der Waals surface area contributed by atoms with E-state index in [1.165, 1.54) is 12.1 Å². The fourth-order valence-corrected chi connectivity index (χ4v) is 5.97. The Labute approximate surface area is 220 Å². The maximum atomic E-state index is 16.5. The molecule has 0 aliphatic carbocycles. The Morgan fingerprint density at radius 1 is 1.00 bits per heavy atom. The third kappa shape index (κ3) is 4.25. The second kappa shape index (κ2) is 10.1. The zero-order valence-corrected chi connectivity index (χ0v) is 21.7. The van der Waals surface area contributed by atoms with Crippen LogP contribution in [-0.2, 0) is 6.42 Å². The predicted octanol–water partition coefficient (Wildman–Crippen LogP) is 6.55. The molecule has 4 aromatic rings. The number of unbranched alkanes of at least 4 members (excludes halogenated alkanes) is 1. The second-order valence-corrected chi connectivity index (χ2v) is 10.3. The number of rotatable bonds is 7. The molecule has 5 nitrogen and oxygen atoms in total. The summed E-state index contributed by atoms with van der Waals surface area (Å²) in [5, 5.41) is 5.14. The molecule has 2 saturated heterocycles. The number of ether oxygens (including phenoxy) is 1. The van der Waals surface area contributed by atoms with Crippen molar-refractivity contribution in [3.8, 4) is 17.1 Å². The van der Waals surface area contributed by atoms with Gasteiger partial charge in [0, 0.05) is 30.6 Å². The van der Waals surface area contributed by atoms with Crippen LogP contribution in [0.1, 0.15) is 45.1 Å². The molecule has 0 saturated carbocycles. The third-order valence-corrected chi connectivity index (χ3v) is 7.81. The highest BCUT2D eigenvalue weighted by molar-refractivity contribution is 6.02. The summed E-state index contributed by atoms with van der Waals surface area (Å²) in [5.41, 5.74) is 0.535. The van der Waals surface area contributed by atoms with Crippen molar-refractivity contribution in [2.24, 2.45) is 0 Å². The lowest BCUT2D eigenvalue weighted by Crippen LogP contribution is -2.51. The fourth-order valence-electron chi connectivity index (χ4n) is 5.97. The van der Waals surface area contributed by atoms with Crippen LogP contribution >= 0.6 is 0 Å². The number of anilines is 1. The molecule has 2 bridgehead atoms. The van der Waals surface area contributed by atoms with Gasteiger partial charge < -0.3 is 15.0 Å². The molecule has 0 spiro atoms. The minimum Gasteiger partial charge on any atom is -0.463 e. The number of hydrogen-bond donors (Lipinski definition) is 1. The molecule has 2 atom stereocenters. The number of halogens is 3. The van der Waals surface area contributed by atoms with Crippen LogP contribution in [0.15, 0.2) is 36.4 Å². The average Bonchev–Trinajstić information content (AvgIpc) is 3.26. The van der Waals surface area contributed by atoms with E-state index in [0.717, 1.165) is 31.1 Å². The molecule has 198 valence electrons. The average molecular weight is 521 g/mol.